The molecule has 0 aliphatic carbocycles. The fraction of sp³-hybridized carbons (Fsp3) is 0.192. The zero-order valence-electron chi connectivity index (χ0n) is 20.9. The summed E-state index contributed by atoms with van der Waals surface area (Å²) in [6.07, 6.45) is 0.889. The summed E-state index contributed by atoms with van der Waals surface area (Å²) < 4.78 is 34.4. The van der Waals surface area contributed by atoms with E-state index in [0.717, 1.165) is 6.42 Å². The normalized spacial score (nSPS) is 11.2. The van der Waals surface area contributed by atoms with E-state index in [-0.39, 0.29) is 34.7 Å². The standard InChI is InChI=1S/C26H28N6O5S/c1-3-11-27-16-24(34)28-17-7-6-8-21(14-17)38(35,36)32-26-25(30-22-9-4-5-10-23(22)31-26)29-18-12-19(33)15-20(13-18)37-2/h4-10,12-15,27,33H,3,11,16H2,1-2H3,(H,28,34)(H,29,30)(H,31,32). The third-order valence-corrected chi connectivity index (χ3v) is 6.67. The highest BCUT2D eigenvalue weighted by atomic mass is 32.2. The monoisotopic (exact) mass is 536 g/mol. The molecule has 0 aliphatic rings. The molecule has 0 spiro atoms. The Morgan fingerprint density at radius 2 is 1.68 bits per heavy atom. The lowest BCUT2D eigenvalue weighted by molar-refractivity contribution is -0.115. The molecule has 12 heteroatoms. The van der Waals surface area contributed by atoms with E-state index < -0.39 is 10.0 Å². The maximum atomic E-state index is 13.4. The summed E-state index contributed by atoms with van der Waals surface area (Å²) >= 11 is 0. The number of nitrogens with zero attached hydrogens (tertiary/aromatic N) is 2. The first-order valence-electron chi connectivity index (χ1n) is 11.8. The number of sulfonamides is 1. The quantitative estimate of drug-likeness (QED) is 0.180. The highest BCUT2D eigenvalue weighted by Crippen LogP contribution is 2.31. The molecule has 5 N–H and O–H groups in total. The van der Waals surface area contributed by atoms with Crippen LogP contribution in [-0.4, -0.2) is 49.6 Å². The number of phenolic OH excluding ortho intramolecular Hbond substituents is 1. The molecule has 11 nitrogen and oxygen atoms in total. The van der Waals surface area contributed by atoms with Crippen LogP contribution in [0.3, 0.4) is 0 Å². The molecular formula is C26H28N6O5S. The molecular weight excluding hydrogens is 508 g/mol. The lowest BCUT2D eigenvalue weighted by Crippen LogP contribution is -2.28. The van der Waals surface area contributed by atoms with Crippen molar-refractivity contribution < 1.29 is 23.1 Å². The van der Waals surface area contributed by atoms with Gasteiger partial charge in [0.05, 0.1) is 29.6 Å². The van der Waals surface area contributed by atoms with Crippen LogP contribution in [0.4, 0.5) is 23.0 Å². The number of carbonyl (C=O) groups is 1. The predicted molar refractivity (Wildman–Crippen MR) is 147 cm³/mol. The van der Waals surface area contributed by atoms with Crippen LogP contribution < -0.4 is 25.4 Å². The van der Waals surface area contributed by atoms with Gasteiger partial charge in [0.1, 0.15) is 11.5 Å². The number of hydrogen-bond acceptors (Lipinski definition) is 9. The number of phenols is 1. The van der Waals surface area contributed by atoms with Crippen molar-refractivity contribution in [2.24, 2.45) is 0 Å². The summed E-state index contributed by atoms with van der Waals surface area (Å²) in [4.78, 5) is 21.1. The van der Waals surface area contributed by atoms with E-state index in [9.17, 15) is 18.3 Å². The van der Waals surface area contributed by atoms with Crippen LogP contribution in [0.1, 0.15) is 13.3 Å². The van der Waals surface area contributed by atoms with Crippen LogP contribution in [0.5, 0.6) is 11.5 Å². The van der Waals surface area contributed by atoms with Crippen LogP contribution in [-0.2, 0) is 14.8 Å². The van der Waals surface area contributed by atoms with E-state index >= 15 is 0 Å². The Hall–Kier alpha value is -4.42. The number of para-hydroxylation sites is 2. The summed E-state index contributed by atoms with van der Waals surface area (Å²) in [7, 11) is -2.67. The van der Waals surface area contributed by atoms with E-state index in [2.05, 4.69) is 30.6 Å². The second kappa shape index (κ2) is 11.8. The summed E-state index contributed by atoms with van der Waals surface area (Å²) in [6.45, 7) is 2.81. The van der Waals surface area contributed by atoms with Crippen molar-refractivity contribution in [1.82, 2.24) is 15.3 Å². The van der Waals surface area contributed by atoms with Crippen molar-refractivity contribution in [3.05, 3.63) is 66.7 Å². The Morgan fingerprint density at radius 3 is 2.39 bits per heavy atom. The molecule has 0 atom stereocenters. The van der Waals surface area contributed by atoms with Gasteiger partial charge >= 0.3 is 0 Å². The van der Waals surface area contributed by atoms with Crippen molar-refractivity contribution in [2.75, 3.05) is 35.6 Å². The maximum absolute atomic E-state index is 13.4. The number of amides is 1. The number of rotatable bonds is 11. The molecule has 0 saturated carbocycles. The number of methoxy groups -OCH3 is 1. The number of ether oxygens (including phenoxy) is 1. The molecule has 38 heavy (non-hydrogen) atoms. The zero-order valence-corrected chi connectivity index (χ0v) is 21.7. The first kappa shape index (κ1) is 26.6. The Morgan fingerprint density at radius 1 is 0.947 bits per heavy atom. The molecule has 0 fully saturated rings. The smallest absolute Gasteiger partial charge is 0.263 e. The number of fused-ring (bicyclic) bond motifs is 1. The van der Waals surface area contributed by atoms with E-state index in [1.807, 2.05) is 6.92 Å². The molecule has 4 aromatic rings. The minimum atomic E-state index is -4.13. The highest BCUT2D eigenvalue weighted by Gasteiger charge is 2.20. The predicted octanol–water partition coefficient (Wildman–Crippen LogP) is 3.83. The fourth-order valence-electron chi connectivity index (χ4n) is 3.58. The summed E-state index contributed by atoms with van der Waals surface area (Å²) in [5.74, 6) is 0.128. The molecule has 4 rings (SSSR count). The first-order chi connectivity index (χ1) is 18.3. The van der Waals surface area contributed by atoms with Crippen LogP contribution in [0, 0.1) is 0 Å². The maximum Gasteiger partial charge on any atom is 0.263 e. The summed E-state index contributed by atoms with van der Waals surface area (Å²) in [6, 6.07) is 17.4. The Bertz CT molecular complexity index is 1560. The Kier molecular flexibility index (Phi) is 8.24. The third kappa shape index (κ3) is 6.66. The highest BCUT2D eigenvalue weighted by molar-refractivity contribution is 7.92. The van der Waals surface area contributed by atoms with Gasteiger partial charge in [-0.1, -0.05) is 25.1 Å². The van der Waals surface area contributed by atoms with E-state index in [1.54, 1.807) is 36.4 Å². The van der Waals surface area contributed by atoms with Gasteiger partial charge in [-0.25, -0.2) is 18.4 Å². The minimum absolute atomic E-state index is 0.0496. The molecule has 0 aliphatic heterocycles. The first-order valence-corrected chi connectivity index (χ1v) is 13.3. The second-order valence-electron chi connectivity index (χ2n) is 8.31. The lowest BCUT2D eigenvalue weighted by Gasteiger charge is -2.15. The molecule has 0 radical (unpaired) electrons. The number of anilines is 4. The van der Waals surface area contributed by atoms with Gasteiger partial charge in [0, 0.05) is 29.6 Å². The van der Waals surface area contributed by atoms with Crippen molar-refractivity contribution in [3.63, 3.8) is 0 Å². The van der Waals surface area contributed by atoms with E-state index in [4.69, 9.17) is 4.74 Å². The molecule has 0 bridgehead atoms. The molecule has 1 aromatic heterocycles. The molecule has 0 unspecified atom stereocenters. The fourth-order valence-corrected chi connectivity index (χ4v) is 4.63. The molecule has 1 amide bonds. The number of benzene rings is 3. The average molecular weight is 537 g/mol. The van der Waals surface area contributed by atoms with Crippen LogP contribution >= 0.6 is 0 Å². The lowest BCUT2D eigenvalue weighted by atomic mass is 10.2. The zero-order chi connectivity index (χ0) is 27.1. The van der Waals surface area contributed by atoms with Crippen LogP contribution in [0.25, 0.3) is 11.0 Å². The van der Waals surface area contributed by atoms with Gasteiger partial charge in [0.15, 0.2) is 11.6 Å². The minimum Gasteiger partial charge on any atom is -0.508 e. The van der Waals surface area contributed by atoms with Gasteiger partial charge in [0.2, 0.25) is 5.91 Å². The van der Waals surface area contributed by atoms with Crippen LogP contribution in [0.15, 0.2) is 71.6 Å². The van der Waals surface area contributed by atoms with E-state index in [1.165, 1.54) is 37.4 Å². The topological polar surface area (TPSA) is 155 Å². The molecule has 3 aromatic carbocycles. The van der Waals surface area contributed by atoms with Crippen molar-refractivity contribution in [3.8, 4) is 11.5 Å². The summed E-state index contributed by atoms with van der Waals surface area (Å²) in [5.41, 5.74) is 1.76. The average Bonchev–Trinajstić information content (AvgIpc) is 2.89. The van der Waals surface area contributed by atoms with Crippen LogP contribution in [0.2, 0.25) is 0 Å². The second-order valence-corrected chi connectivity index (χ2v) is 9.99. The molecule has 1 heterocycles. The van der Waals surface area contributed by atoms with Crippen molar-refractivity contribution in [1.29, 1.82) is 0 Å². The van der Waals surface area contributed by atoms with Gasteiger partial charge in [-0.15, -0.1) is 0 Å². The van der Waals surface area contributed by atoms with Crippen molar-refractivity contribution in [2.45, 2.75) is 18.2 Å². The van der Waals surface area contributed by atoms with Gasteiger partial charge in [-0.3, -0.25) is 9.52 Å². The Balaban J connectivity index is 1.64. The van der Waals surface area contributed by atoms with Gasteiger partial charge in [-0.05, 0) is 43.3 Å². The molecule has 198 valence electrons. The number of nitrogens with one attached hydrogen (secondary N) is 4. The summed E-state index contributed by atoms with van der Waals surface area (Å²) in [5, 5.41) is 18.7. The van der Waals surface area contributed by atoms with Crippen molar-refractivity contribution >= 4 is 50.0 Å². The number of carbonyl (C=O) groups excluding carboxylic acids is 1. The molecule has 0 saturated heterocycles. The SMILES string of the molecule is CCCNCC(=O)Nc1cccc(S(=O)(=O)Nc2nc3ccccc3nc2Nc2cc(O)cc(OC)c2)c1. The Labute approximate surface area is 220 Å². The number of aromatic nitrogens is 2. The largest absolute Gasteiger partial charge is 0.508 e. The number of hydrogen-bond donors (Lipinski definition) is 5. The number of aromatic hydroxyl groups is 1. The van der Waals surface area contributed by atoms with E-state index in [0.29, 0.717) is 34.7 Å². The van der Waals surface area contributed by atoms with Gasteiger partial charge in [-0.2, -0.15) is 0 Å². The van der Waals surface area contributed by atoms with Gasteiger partial charge < -0.3 is 25.8 Å². The third-order valence-electron chi connectivity index (χ3n) is 5.33. The van der Waals surface area contributed by atoms with Gasteiger partial charge in [0.25, 0.3) is 10.0 Å².